The van der Waals surface area contributed by atoms with Crippen LogP contribution in [0.5, 0.6) is 0 Å². The highest BCUT2D eigenvalue weighted by Gasteiger charge is 2.29. The number of aryl methyl sites for hydroxylation is 1. The summed E-state index contributed by atoms with van der Waals surface area (Å²) in [5.74, 6) is -0.326. The van der Waals surface area contributed by atoms with Gasteiger partial charge in [0.15, 0.2) is 0 Å². The lowest BCUT2D eigenvalue weighted by atomic mass is 10.0. The van der Waals surface area contributed by atoms with Gasteiger partial charge in [-0.05, 0) is 18.6 Å². The van der Waals surface area contributed by atoms with E-state index < -0.39 is 0 Å². The van der Waals surface area contributed by atoms with E-state index in [9.17, 15) is 9.59 Å². The molecule has 0 aliphatic carbocycles. The summed E-state index contributed by atoms with van der Waals surface area (Å²) in [5, 5.41) is 14.4. The van der Waals surface area contributed by atoms with Gasteiger partial charge < -0.3 is 10.6 Å². The van der Waals surface area contributed by atoms with Crippen LogP contribution in [0.15, 0.2) is 24.3 Å². The topological polar surface area (TPSA) is 84.0 Å². The summed E-state index contributed by atoms with van der Waals surface area (Å²) in [5.41, 5.74) is 1.50. The van der Waals surface area contributed by atoms with Crippen molar-refractivity contribution in [1.82, 2.24) is 15.5 Å². The number of fused-ring (bicyclic) bond motifs is 1. The third-order valence-corrected chi connectivity index (χ3v) is 3.80. The number of carbonyl (C=O) groups excluding carboxylic acids is 2. The van der Waals surface area contributed by atoms with Gasteiger partial charge in [0, 0.05) is 5.56 Å². The van der Waals surface area contributed by atoms with Crippen LogP contribution in [0.1, 0.15) is 33.4 Å². The van der Waals surface area contributed by atoms with Gasteiger partial charge in [0.25, 0.3) is 5.91 Å². The molecule has 1 atom stereocenters. The largest absolute Gasteiger partial charge is 0.345 e. The Morgan fingerprint density at radius 3 is 2.95 bits per heavy atom. The zero-order valence-corrected chi connectivity index (χ0v) is 11.5. The molecule has 1 aromatic heterocycles. The Bertz CT molecular complexity index is 683. The van der Waals surface area contributed by atoms with Gasteiger partial charge in [-0.1, -0.05) is 29.5 Å². The summed E-state index contributed by atoms with van der Waals surface area (Å²) < 4.78 is 0. The number of aromatic nitrogens is 2. The Morgan fingerprint density at radius 1 is 1.40 bits per heavy atom. The summed E-state index contributed by atoms with van der Waals surface area (Å²) >= 11 is 1.32. The van der Waals surface area contributed by atoms with E-state index in [1.165, 1.54) is 11.3 Å². The summed E-state index contributed by atoms with van der Waals surface area (Å²) in [4.78, 5) is 23.7. The van der Waals surface area contributed by atoms with Crippen LogP contribution in [0.4, 0.5) is 5.13 Å². The molecule has 1 aromatic carbocycles. The maximum atomic E-state index is 12.0. The number of nitrogens with one attached hydrogen (secondary N) is 2. The predicted molar refractivity (Wildman–Crippen MR) is 74.5 cm³/mol. The predicted octanol–water partition coefficient (Wildman–Crippen LogP) is 1.66. The van der Waals surface area contributed by atoms with Crippen LogP contribution in [0.25, 0.3) is 0 Å². The lowest BCUT2D eigenvalue weighted by molar-refractivity contribution is -0.116. The molecule has 2 N–H and O–H groups in total. The van der Waals surface area contributed by atoms with Crippen molar-refractivity contribution in [3.8, 4) is 0 Å². The van der Waals surface area contributed by atoms with Crippen LogP contribution in [0.3, 0.4) is 0 Å². The van der Waals surface area contributed by atoms with E-state index in [1.807, 2.05) is 25.1 Å². The first-order valence-corrected chi connectivity index (χ1v) is 6.95. The molecule has 1 aliphatic rings. The first kappa shape index (κ1) is 12.7. The third kappa shape index (κ3) is 2.39. The maximum absolute atomic E-state index is 12.0. The van der Waals surface area contributed by atoms with Gasteiger partial charge in [0.1, 0.15) is 5.01 Å². The SMILES string of the molecule is Cc1nnc(NC(=O)C[C@H]2NC(=O)c3ccccc32)s1. The van der Waals surface area contributed by atoms with Crippen LogP contribution in [0.2, 0.25) is 0 Å². The molecule has 7 heteroatoms. The fourth-order valence-electron chi connectivity index (χ4n) is 2.19. The molecule has 2 amide bonds. The fourth-order valence-corrected chi connectivity index (χ4v) is 2.79. The molecule has 3 rings (SSSR count). The highest BCUT2D eigenvalue weighted by atomic mass is 32.1. The number of carbonyl (C=O) groups is 2. The second kappa shape index (κ2) is 5.01. The second-order valence-corrected chi connectivity index (χ2v) is 5.67. The van der Waals surface area contributed by atoms with Gasteiger partial charge in [0.2, 0.25) is 11.0 Å². The zero-order valence-electron chi connectivity index (χ0n) is 10.7. The molecule has 0 unspecified atom stereocenters. The van der Waals surface area contributed by atoms with E-state index in [0.717, 1.165) is 10.6 Å². The van der Waals surface area contributed by atoms with Crippen molar-refractivity contribution >= 4 is 28.3 Å². The number of nitrogens with zero attached hydrogens (tertiary/aromatic N) is 2. The van der Waals surface area contributed by atoms with Crippen molar-refractivity contribution in [2.45, 2.75) is 19.4 Å². The van der Waals surface area contributed by atoms with Gasteiger partial charge >= 0.3 is 0 Å². The van der Waals surface area contributed by atoms with Crippen molar-refractivity contribution in [2.75, 3.05) is 5.32 Å². The highest BCUT2D eigenvalue weighted by molar-refractivity contribution is 7.15. The number of hydrogen-bond acceptors (Lipinski definition) is 5. The Labute approximate surface area is 119 Å². The first-order valence-electron chi connectivity index (χ1n) is 6.13. The summed E-state index contributed by atoms with van der Waals surface area (Å²) in [6.45, 7) is 1.82. The van der Waals surface area contributed by atoms with E-state index in [4.69, 9.17) is 0 Å². The smallest absolute Gasteiger partial charge is 0.252 e. The lowest BCUT2D eigenvalue weighted by Crippen LogP contribution is -2.24. The molecule has 0 saturated heterocycles. The van der Waals surface area contributed by atoms with Gasteiger partial charge in [-0.3, -0.25) is 9.59 Å². The molecule has 0 bridgehead atoms. The van der Waals surface area contributed by atoms with E-state index in [2.05, 4.69) is 20.8 Å². The number of rotatable bonds is 3. The number of hydrogen-bond donors (Lipinski definition) is 2. The molecule has 6 nitrogen and oxygen atoms in total. The van der Waals surface area contributed by atoms with Crippen molar-refractivity contribution in [3.63, 3.8) is 0 Å². The highest BCUT2D eigenvalue weighted by Crippen LogP contribution is 2.27. The van der Waals surface area contributed by atoms with Crippen molar-refractivity contribution in [2.24, 2.45) is 0 Å². The first-order chi connectivity index (χ1) is 9.63. The molecule has 0 fully saturated rings. The molecule has 102 valence electrons. The van der Waals surface area contributed by atoms with E-state index in [1.54, 1.807) is 6.07 Å². The molecular weight excluding hydrogens is 276 g/mol. The fraction of sp³-hybridized carbons (Fsp3) is 0.231. The average Bonchev–Trinajstić information content (AvgIpc) is 2.95. The minimum Gasteiger partial charge on any atom is -0.345 e. The van der Waals surface area contributed by atoms with Crippen LogP contribution in [0, 0.1) is 6.92 Å². The van der Waals surface area contributed by atoms with Crippen LogP contribution in [-0.4, -0.2) is 22.0 Å². The Balaban J connectivity index is 1.70. The standard InChI is InChI=1S/C13H12N4O2S/c1-7-16-17-13(20-7)15-11(18)6-10-8-4-2-3-5-9(8)12(19)14-10/h2-5,10H,6H2,1H3,(H,14,19)(H,15,17,18)/t10-/m1/s1. The summed E-state index contributed by atoms with van der Waals surface area (Å²) in [7, 11) is 0. The van der Waals surface area contributed by atoms with Gasteiger partial charge in [0.05, 0.1) is 12.5 Å². The molecule has 0 radical (unpaired) electrons. The molecule has 1 aliphatic heterocycles. The van der Waals surface area contributed by atoms with Gasteiger partial charge in [-0.2, -0.15) is 0 Å². The van der Waals surface area contributed by atoms with Crippen LogP contribution in [-0.2, 0) is 4.79 Å². The molecule has 0 spiro atoms. The number of anilines is 1. The van der Waals surface area contributed by atoms with Crippen LogP contribution < -0.4 is 10.6 Å². The minimum atomic E-state index is -0.285. The van der Waals surface area contributed by atoms with Crippen molar-refractivity contribution in [3.05, 3.63) is 40.4 Å². The number of amides is 2. The monoisotopic (exact) mass is 288 g/mol. The third-order valence-electron chi connectivity index (χ3n) is 3.05. The Hall–Kier alpha value is -2.28. The molecule has 2 aromatic rings. The molecule has 20 heavy (non-hydrogen) atoms. The summed E-state index contributed by atoms with van der Waals surface area (Å²) in [6, 6.07) is 7.01. The molecule has 2 heterocycles. The maximum Gasteiger partial charge on any atom is 0.252 e. The second-order valence-electron chi connectivity index (χ2n) is 4.49. The van der Waals surface area contributed by atoms with E-state index in [-0.39, 0.29) is 24.3 Å². The van der Waals surface area contributed by atoms with Gasteiger partial charge in [-0.25, -0.2) is 0 Å². The average molecular weight is 288 g/mol. The van der Waals surface area contributed by atoms with Crippen molar-refractivity contribution in [1.29, 1.82) is 0 Å². The Kier molecular flexibility index (Phi) is 3.19. The molecule has 0 saturated carbocycles. The lowest BCUT2D eigenvalue weighted by Gasteiger charge is -2.10. The minimum absolute atomic E-state index is 0.134. The number of benzene rings is 1. The van der Waals surface area contributed by atoms with Crippen LogP contribution >= 0.6 is 11.3 Å². The Morgan fingerprint density at radius 2 is 2.20 bits per heavy atom. The van der Waals surface area contributed by atoms with E-state index in [0.29, 0.717) is 10.7 Å². The molecular formula is C13H12N4O2S. The van der Waals surface area contributed by atoms with E-state index >= 15 is 0 Å². The zero-order chi connectivity index (χ0) is 14.1. The van der Waals surface area contributed by atoms with Gasteiger partial charge in [-0.15, -0.1) is 10.2 Å². The quantitative estimate of drug-likeness (QED) is 0.899. The normalized spacial score (nSPS) is 16.6. The summed E-state index contributed by atoms with van der Waals surface area (Å²) in [6.07, 6.45) is 0.182. The van der Waals surface area contributed by atoms with Crippen molar-refractivity contribution < 1.29 is 9.59 Å².